The number of methoxy groups -OCH3 is 1. The lowest BCUT2D eigenvalue weighted by Gasteiger charge is -2.41. The molecule has 0 saturated heterocycles. The molecule has 0 aromatic heterocycles. The molecule has 1 N–H and O–H groups in total. The third-order valence-corrected chi connectivity index (χ3v) is 5.39. The summed E-state index contributed by atoms with van der Waals surface area (Å²) >= 11 is 0. The van der Waals surface area contributed by atoms with Crippen LogP contribution in [0.3, 0.4) is 0 Å². The molecule has 0 spiro atoms. The van der Waals surface area contributed by atoms with E-state index in [-0.39, 0.29) is 17.9 Å². The van der Waals surface area contributed by atoms with Gasteiger partial charge in [-0.15, -0.1) is 0 Å². The summed E-state index contributed by atoms with van der Waals surface area (Å²) in [4.78, 5) is 24.9. The number of hydrogen-bond donors (Lipinski definition) is 1. The third kappa shape index (κ3) is 5.21. The highest BCUT2D eigenvalue weighted by molar-refractivity contribution is 5.80. The number of nitrogens with one attached hydrogen (secondary N) is 1. The maximum Gasteiger partial charge on any atom is 0.407 e. The molecule has 1 aromatic rings. The Morgan fingerprint density at radius 2 is 1.68 bits per heavy atom. The van der Waals surface area contributed by atoms with Crippen molar-refractivity contribution in [3.8, 4) is 0 Å². The van der Waals surface area contributed by atoms with E-state index in [1.165, 1.54) is 24.7 Å². The molecule has 0 radical (unpaired) electrons. The quantitative estimate of drug-likeness (QED) is 0.912. The van der Waals surface area contributed by atoms with E-state index in [1.807, 2.05) is 11.9 Å². The third-order valence-electron chi connectivity index (χ3n) is 5.39. The number of carbonyl (C=O) groups is 2. The summed E-state index contributed by atoms with van der Waals surface area (Å²) in [6.07, 6.45) is 4.58. The molecule has 2 saturated carbocycles. The van der Waals surface area contributed by atoms with Gasteiger partial charge in [-0.2, -0.15) is 0 Å². The predicted octanol–water partition coefficient (Wildman–Crippen LogP) is 3.44. The van der Waals surface area contributed by atoms with Crippen LogP contribution in [0.5, 0.6) is 0 Å². The Kier molecular flexibility index (Phi) is 6.85. The van der Waals surface area contributed by atoms with Crippen LogP contribution in [-0.4, -0.2) is 43.1 Å². The minimum absolute atomic E-state index is 0.0859. The van der Waals surface area contributed by atoms with E-state index >= 15 is 0 Å². The van der Waals surface area contributed by atoms with Crippen LogP contribution in [-0.2, 0) is 9.53 Å². The van der Waals surface area contributed by atoms with E-state index in [0.29, 0.717) is 6.04 Å². The van der Waals surface area contributed by atoms with Crippen molar-refractivity contribution in [3.63, 3.8) is 0 Å². The van der Waals surface area contributed by atoms with Gasteiger partial charge in [-0.25, -0.2) is 4.79 Å². The van der Waals surface area contributed by atoms with Gasteiger partial charge < -0.3 is 15.0 Å². The smallest absolute Gasteiger partial charge is 0.407 e. The van der Waals surface area contributed by atoms with Crippen LogP contribution in [0.1, 0.15) is 43.2 Å². The fraction of sp³-hybridized carbons (Fsp3) is 0.600. The molecule has 1 aromatic carbocycles. The Morgan fingerprint density at radius 1 is 1.12 bits per heavy atom. The van der Waals surface area contributed by atoms with Crippen LogP contribution in [0.4, 0.5) is 4.79 Å². The molecule has 2 amide bonds. The largest absolute Gasteiger partial charge is 0.453 e. The normalized spacial score (nSPS) is 21.8. The predicted molar refractivity (Wildman–Crippen MR) is 98.4 cm³/mol. The molecule has 0 heterocycles. The average molecular weight is 346 g/mol. The molecule has 0 unspecified atom stereocenters. The Hall–Kier alpha value is -2.04. The van der Waals surface area contributed by atoms with Crippen molar-refractivity contribution >= 4 is 12.0 Å². The second-order valence-corrected chi connectivity index (χ2v) is 7.12. The van der Waals surface area contributed by atoms with Crippen LogP contribution < -0.4 is 5.32 Å². The van der Waals surface area contributed by atoms with E-state index in [4.69, 9.17) is 0 Å². The number of benzene rings is 1. The van der Waals surface area contributed by atoms with Gasteiger partial charge in [-0.3, -0.25) is 4.79 Å². The topological polar surface area (TPSA) is 58.6 Å². The van der Waals surface area contributed by atoms with E-state index in [1.54, 1.807) is 0 Å². The molecule has 2 aliphatic carbocycles. The number of carbonyl (C=O) groups excluding carboxylic acids is 2. The summed E-state index contributed by atoms with van der Waals surface area (Å²) in [6, 6.07) is 8.91. The van der Waals surface area contributed by atoms with Crippen molar-refractivity contribution in [2.75, 3.05) is 14.2 Å². The first-order valence-electron chi connectivity index (χ1n) is 9.05. The zero-order chi connectivity index (χ0) is 18.4. The van der Waals surface area contributed by atoms with Crippen molar-refractivity contribution in [2.24, 2.45) is 5.92 Å². The van der Waals surface area contributed by atoms with Gasteiger partial charge in [0.15, 0.2) is 0 Å². The fourth-order valence-corrected chi connectivity index (χ4v) is 3.07. The highest BCUT2D eigenvalue weighted by Crippen LogP contribution is 2.32. The van der Waals surface area contributed by atoms with Crippen LogP contribution in [0.2, 0.25) is 0 Å². The van der Waals surface area contributed by atoms with E-state index in [2.05, 4.69) is 48.2 Å². The van der Waals surface area contributed by atoms with Crippen molar-refractivity contribution in [1.82, 2.24) is 10.2 Å². The minimum Gasteiger partial charge on any atom is -0.453 e. The van der Waals surface area contributed by atoms with Crippen LogP contribution >= 0.6 is 0 Å². The SMILES string of the molecule is COC(=O)NC1CC(C(=O)N(C)C2CCC2)C1.Cc1ccccc1C. The molecule has 0 atom stereocenters. The van der Waals surface area contributed by atoms with Gasteiger partial charge >= 0.3 is 6.09 Å². The fourth-order valence-electron chi connectivity index (χ4n) is 3.07. The lowest BCUT2D eigenvalue weighted by atomic mass is 9.78. The number of aryl methyl sites for hydroxylation is 2. The standard InChI is InChI=1S/C12H20N2O3.C8H10/c1-14(10-4-3-5-10)11(15)8-6-9(7-8)13-12(16)17-2;1-7-5-3-4-6-8(7)2/h8-10H,3-7H2,1-2H3,(H,13,16);3-6H,1-2H3. The Balaban J connectivity index is 0.000000236. The number of amides is 2. The highest BCUT2D eigenvalue weighted by Gasteiger charge is 2.39. The van der Waals surface area contributed by atoms with Crippen LogP contribution in [0, 0.1) is 19.8 Å². The van der Waals surface area contributed by atoms with Gasteiger partial charge in [0, 0.05) is 25.0 Å². The molecule has 2 aliphatic rings. The first kappa shape index (κ1) is 19.3. The molecule has 0 aliphatic heterocycles. The molecule has 5 nitrogen and oxygen atoms in total. The van der Waals surface area contributed by atoms with Crippen molar-refractivity contribution in [1.29, 1.82) is 0 Å². The van der Waals surface area contributed by atoms with Gasteiger partial charge in [0.1, 0.15) is 0 Å². The van der Waals surface area contributed by atoms with Crippen molar-refractivity contribution < 1.29 is 14.3 Å². The van der Waals surface area contributed by atoms with Crippen LogP contribution in [0.25, 0.3) is 0 Å². The number of rotatable bonds is 3. The minimum atomic E-state index is -0.409. The summed E-state index contributed by atoms with van der Waals surface area (Å²) in [5.74, 6) is 0.320. The maximum atomic E-state index is 12.0. The van der Waals surface area contributed by atoms with Crippen LogP contribution in [0.15, 0.2) is 24.3 Å². The Bertz CT molecular complexity index is 571. The Morgan fingerprint density at radius 3 is 2.08 bits per heavy atom. The highest BCUT2D eigenvalue weighted by atomic mass is 16.5. The number of hydrogen-bond acceptors (Lipinski definition) is 3. The molecule has 3 rings (SSSR count). The van der Waals surface area contributed by atoms with Gasteiger partial charge in [0.2, 0.25) is 5.91 Å². The van der Waals surface area contributed by atoms with Gasteiger partial charge in [-0.05, 0) is 57.1 Å². The summed E-state index contributed by atoms with van der Waals surface area (Å²) < 4.78 is 4.52. The second kappa shape index (κ2) is 8.88. The molecule has 2 fully saturated rings. The van der Waals surface area contributed by atoms with Gasteiger partial charge in [0.25, 0.3) is 0 Å². The van der Waals surface area contributed by atoms with E-state index < -0.39 is 6.09 Å². The number of alkyl carbamates (subject to hydrolysis) is 1. The van der Waals surface area contributed by atoms with Crippen molar-refractivity contribution in [3.05, 3.63) is 35.4 Å². The molecular formula is C20H30N2O3. The number of ether oxygens (including phenoxy) is 1. The second-order valence-electron chi connectivity index (χ2n) is 7.12. The van der Waals surface area contributed by atoms with Gasteiger partial charge in [-0.1, -0.05) is 24.3 Å². The lowest BCUT2D eigenvalue weighted by Crippen LogP contribution is -2.52. The first-order chi connectivity index (χ1) is 11.9. The Labute approximate surface area is 150 Å². The van der Waals surface area contributed by atoms with E-state index in [9.17, 15) is 9.59 Å². The zero-order valence-electron chi connectivity index (χ0n) is 15.7. The zero-order valence-corrected chi connectivity index (χ0v) is 15.7. The molecule has 5 heteroatoms. The van der Waals surface area contributed by atoms with E-state index in [0.717, 1.165) is 25.7 Å². The average Bonchev–Trinajstić information content (AvgIpc) is 2.51. The molecule has 138 valence electrons. The summed E-state index contributed by atoms with van der Waals surface area (Å²) in [7, 11) is 3.24. The monoisotopic (exact) mass is 346 g/mol. The summed E-state index contributed by atoms with van der Waals surface area (Å²) in [6.45, 7) is 4.24. The first-order valence-corrected chi connectivity index (χ1v) is 9.05. The maximum absolute atomic E-state index is 12.0. The summed E-state index contributed by atoms with van der Waals surface area (Å²) in [5.41, 5.74) is 2.74. The number of nitrogens with zero attached hydrogens (tertiary/aromatic N) is 1. The molecule has 0 bridgehead atoms. The van der Waals surface area contributed by atoms with Gasteiger partial charge in [0.05, 0.1) is 7.11 Å². The lowest BCUT2D eigenvalue weighted by molar-refractivity contribution is -0.141. The summed E-state index contributed by atoms with van der Waals surface area (Å²) in [5, 5.41) is 2.72. The molecule has 25 heavy (non-hydrogen) atoms. The van der Waals surface area contributed by atoms with Crippen molar-refractivity contribution in [2.45, 2.75) is 58.0 Å². The molecular weight excluding hydrogens is 316 g/mol.